The maximum Gasteiger partial charge on any atom is 0.211 e. The van der Waals surface area contributed by atoms with Crippen molar-refractivity contribution in [1.29, 1.82) is 5.41 Å². The summed E-state index contributed by atoms with van der Waals surface area (Å²) in [6.07, 6.45) is 8.64. The van der Waals surface area contributed by atoms with Crippen LogP contribution in [0.5, 0.6) is 11.5 Å². The summed E-state index contributed by atoms with van der Waals surface area (Å²) < 4.78 is 12.2. The molecule has 6 rings (SSSR count). The van der Waals surface area contributed by atoms with Gasteiger partial charge < -0.3 is 8.37 Å². The van der Waals surface area contributed by atoms with Crippen LogP contribution in [0, 0.1) is 11.3 Å². The van der Waals surface area contributed by atoms with Gasteiger partial charge in [-0.3, -0.25) is 15.0 Å². The van der Waals surface area contributed by atoms with E-state index in [1.807, 2.05) is 66.7 Å². The second-order valence-corrected chi connectivity index (χ2v) is 13.4. The molecule has 0 aromatic heterocycles. The van der Waals surface area contributed by atoms with E-state index in [0.29, 0.717) is 23.7 Å². The van der Waals surface area contributed by atoms with Gasteiger partial charge in [0.25, 0.3) is 0 Å². The minimum absolute atomic E-state index is 0.00606. The molecule has 0 heterocycles. The first-order chi connectivity index (χ1) is 21.7. The number of nitrogens with one attached hydrogen (secondary N) is 1. The van der Waals surface area contributed by atoms with Crippen LogP contribution in [0.2, 0.25) is 0 Å². The predicted molar refractivity (Wildman–Crippen MR) is 184 cm³/mol. The lowest BCUT2D eigenvalue weighted by Crippen LogP contribution is -2.25. The highest BCUT2D eigenvalue weighted by Crippen LogP contribution is 2.40. The van der Waals surface area contributed by atoms with Gasteiger partial charge in [-0.15, -0.1) is 0 Å². The highest BCUT2D eigenvalue weighted by Gasteiger charge is 2.30. The van der Waals surface area contributed by atoms with Crippen molar-refractivity contribution >= 4 is 53.5 Å². The summed E-state index contributed by atoms with van der Waals surface area (Å²) in [7, 11) is 0. The number of Topliss-reactive ketones (excluding diaryl/α,β-unsaturated/α-hetero) is 2. The first-order valence-corrected chi connectivity index (χ1v) is 16.4. The summed E-state index contributed by atoms with van der Waals surface area (Å²) in [6.45, 7) is 6.75. The Morgan fingerprint density at radius 1 is 0.733 bits per heavy atom. The fraction of sp³-hybridized carbons (Fsp3) is 0.184. The van der Waals surface area contributed by atoms with E-state index in [1.165, 1.54) is 41.3 Å². The third-order valence-corrected chi connectivity index (χ3v) is 9.80. The van der Waals surface area contributed by atoms with Crippen LogP contribution < -0.4 is 8.37 Å². The summed E-state index contributed by atoms with van der Waals surface area (Å²) in [5, 5.41) is 7.81. The van der Waals surface area contributed by atoms with Crippen molar-refractivity contribution in [3.63, 3.8) is 0 Å². The molecular weight excluding hydrogens is 599 g/mol. The molecule has 0 spiro atoms. The Labute approximate surface area is 272 Å². The fourth-order valence-electron chi connectivity index (χ4n) is 5.96. The van der Waals surface area contributed by atoms with Gasteiger partial charge in [-0.1, -0.05) is 87.5 Å². The molecule has 0 amide bonds. The van der Waals surface area contributed by atoms with Gasteiger partial charge in [0.1, 0.15) is 17.2 Å². The zero-order valence-corrected chi connectivity index (χ0v) is 27.0. The molecule has 4 aromatic rings. The largest absolute Gasteiger partial charge is 0.421 e. The maximum atomic E-state index is 12.4. The van der Waals surface area contributed by atoms with Gasteiger partial charge in [0.15, 0.2) is 5.78 Å². The number of ketones is 2. The Morgan fingerprint density at radius 2 is 1.27 bits per heavy atom. The Morgan fingerprint density at radius 3 is 1.82 bits per heavy atom. The molecule has 0 saturated heterocycles. The molecule has 1 N–H and O–H groups in total. The Hall–Kier alpha value is -4.33. The standard InChI is InChI=1S/C38H33NO4S2/c1-24(2)23-38(3,25-13-17-27(18-14-25)42-44-35-11-5-7-29-30(35)8-4-10-34(29)40)26-15-19-28(20-16-26)43-45-36-12-6-9-32-31(36)21-22-33(39)37(32)41/h4-9,11-22,24,39H,10,23H2,1-3H3. The molecule has 0 fully saturated rings. The highest BCUT2D eigenvalue weighted by atomic mass is 32.2. The third kappa shape index (κ3) is 6.42. The third-order valence-electron chi connectivity index (χ3n) is 8.18. The molecule has 4 aromatic carbocycles. The van der Waals surface area contributed by atoms with Gasteiger partial charge in [-0.2, -0.15) is 0 Å². The van der Waals surface area contributed by atoms with E-state index >= 15 is 0 Å². The Balaban J connectivity index is 1.16. The zero-order chi connectivity index (χ0) is 31.6. The van der Waals surface area contributed by atoms with E-state index in [0.717, 1.165) is 38.7 Å². The minimum atomic E-state index is -0.271. The topological polar surface area (TPSA) is 76.5 Å². The molecular formula is C38H33NO4S2. The second kappa shape index (κ2) is 13.0. The molecule has 5 nitrogen and oxygen atoms in total. The average Bonchev–Trinajstić information content (AvgIpc) is 3.05. The van der Waals surface area contributed by atoms with Crippen LogP contribution in [0.25, 0.3) is 12.2 Å². The summed E-state index contributed by atoms with van der Waals surface area (Å²) in [5.41, 5.74) is 5.12. The lowest BCUT2D eigenvalue weighted by atomic mass is 9.71. The predicted octanol–water partition coefficient (Wildman–Crippen LogP) is 10.0. The number of rotatable bonds is 10. The smallest absolute Gasteiger partial charge is 0.211 e. The molecule has 0 saturated carbocycles. The number of carbonyl (C=O) groups excluding carboxylic acids is 2. The van der Waals surface area contributed by atoms with Crippen molar-refractivity contribution in [2.75, 3.05) is 0 Å². The van der Waals surface area contributed by atoms with Gasteiger partial charge in [0.2, 0.25) is 5.78 Å². The second-order valence-electron chi connectivity index (χ2n) is 11.9. The number of carbonyl (C=O) groups is 2. The van der Waals surface area contributed by atoms with Crippen LogP contribution in [-0.4, -0.2) is 17.3 Å². The van der Waals surface area contributed by atoms with Gasteiger partial charge in [0.05, 0.1) is 33.9 Å². The summed E-state index contributed by atoms with van der Waals surface area (Å²) in [5.74, 6) is 1.79. The molecule has 1 unspecified atom stereocenters. The monoisotopic (exact) mass is 631 g/mol. The number of fused-ring (bicyclic) bond motifs is 2. The van der Waals surface area contributed by atoms with Gasteiger partial charge >= 0.3 is 0 Å². The van der Waals surface area contributed by atoms with E-state index < -0.39 is 0 Å². The van der Waals surface area contributed by atoms with Crippen molar-refractivity contribution in [2.45, 2.75) is 48.8 Å². The van der Waals surface area contributed by atoms with E-state index in [4.69, 9.17) is 13.8 Å². The van der Waals surface area contributed by atoms with Crippen LogP contribution in [0.4, 0.5) is 0 Å². The normalized spacial score (nSPS) is 15.1. The molecule has 45 heavy (non-hydrogen) atoms. The van der Waals surface area contributed by atoms with Gasteiger partial charge in [0, 0.05) is 34.1 Å². The lowest BCUT2D eigenvalue weighted by Gasteiger charge is -2.33. The van der Waals surface area contributed by atoms with E-state index in [-0.39, 0.29) is 22.7 Å². The lowest BCUT2D eigenvalue weighted by molar-refractivity contribution is 0.0993. The van der Waals surface area contributed by atoms with Crippen molar-refractivity contribution in [3.05, 3.63) is 130 Å². The fourth-order valence-corrected chi connectivity index (χ4v) is 7.36. The van der Waals surface area contributed by atoms with Crippen LogP contribution in [0.3, 0.4) is 0 Å². The minimum Gasteiger partial charge on any atom is -0.421 e. The van der Waals surface area contributed by atoms with Crippen molar-refractivity contribution in [3.8, 4) is 11.5 Å². The zero-order valence-electron chi connectivity index (χ0n) is 25.3. The molecule has 7 heteroatoms. The Bertz CT molecular complexity index is 1840. The average molecular weight is 632 g/mol. The first-order valence-electron chi connectivity index (χ1n) is 14.9. The maximum absolute atomic E-state index is 12.4. The van der Waals surface area contributed by atoms with Crippen molar-refractivity contribution in [1.82, 2.24) is 0 Å². The number of allylic oxidation sites excluding steroid dienone is 2. The van der Waals surface area contributed by atoms with Crippen LogP contribution >= 0.6 is 24.1 Å². The number of hydrogen-bond donors (Lipinski definition) is 1. The molecule has 0 bridgehead atoms. The molecule has 0 radical (unpaired) electrons. The highest BCUT2D eigenvalue weighted by molar-refractivity contribution is 7.95. The summed E-state index contributed by atoms with van der Waals surface area (Å²) >= 11 is 2.49. The number of hydrogen-bond acceptors (Lipinski definition) is 7. The van der Waals surface area contributed by atoms with Gasteiger partial charge in [-0.05, 0) is 65.9 Å². The van der Waals surface area contributed by atoms with Crippen molar-refractivity contribution in [2.24, 2.45) is 5.92 Å². The summed E-state index contributed by atoms with van der Waals surface area (Å²) in [4.78, 5) is 26.4. The van der Waals surface area contributed by atoms with E-state index in [9.17, 15) is 9.59 Å². The molecule has 2 aliphatic rings. The molecule has 0 aliphatic heterocycles. The Kier molecular flexibility index (Phi) is 8.83. The first kappa shape index (κ1) is 30.7. The SMILES string of the molecule is CC(C)CC(C)(c1ccc(OSc2cccc3c2C=CCC3=O)cc1)c1ccc(OSc2cccc3c2C=CC(=N)C3=O)cc1. The van der Waals surface area contributed by atoms with Crippen LogP contribution in [0.15, 0.2) is 107 Å². The van der Waals surface area contributed by atoms with E-state index in [1.54, 1.807) is 12.1 Å². The van der Waals surface area contributed by atoms with Crippen LogP contribution in [-0.2, 0) is 5.41 Å². The molecule has 226 valence electrons. The quantitative estimate of drug-likeness (QED) is 0.176. The van der Waals surface area contributed by atoms with Gasteiger partial charge in [-0.25, -0.2) is 0 Å². The summed E-state index contributed by atoms with van der Waals surface area (Å²) in [6, 6.07) is 27.7. The number of benzene rings is 4. The van der Waals surface area contributed by atoms with Crippen molar-refractivity contribution < 1.29 is 18.0 Å². The van der Waals surface area contributed by atoms with E-state index in [2.05, 4.69) is 45.0 Å². The van der Waals surface area contributed by atoms with Crippen LogP contribution in [0.1, 0.15) is 76.6 Å². The molecule has 1 atom stereocenters. The molecule has 2 aliphatic carbocycles.